The first kappa shape index (κ1) is 31.1. The van der Waals surface area contributed by atoms with E-state index in [1.807, 2.05) is 68.4 Å². The van der Waals surface area contributed by atoms with Gasteiger partial charge in [0.25, 0.3) is 0 Å². The highest BCUT2D eigenvalue weighted by Gasteiger charge is 2.52. The van der Waals surface area contributed by atoms with Crippen molar-refractivity contribution >= 4 is 50.2 Å². The van der Waals surface area contributed by atoms with E-state index < -0.39 is 12.2 Å². The van der Waals surface area contributed by atoms with Crippen LogP contribution in [0.2, 0.25) is 0 Å². The number of methoxy groups -OCH3 is 1. The molecule has 2 atom stereocenters. The number of rotatable bonds is 9. The number of hydrogen-bond acceptors (Lipinski definition) is 9. The molecule has 2 aliphatic heterocycles. The Balaban J connectivity index is 1.30. The second kappa shape index (κ2) is 12.9. The molecule has 2 saturated heterocycles. The van der Waals surface area contributed by atoms with Gasteiger partial charge in [0.15, 0.2) is 5.13 Å². The van der Waals surface area contributed by atoms with E-state index in [0.717, 1.165) is 32.7 Å². The summed E-state index contributed by atoms with van der Waals surface area (Å²) in [5, 5.41) is 6.86. The molecule has 1 aromatic heterocycles. The zero-order valence-electron chi connectivity index (χ0n) is 26.1. The van der Waals surface area contributed by atoms with Crippen LogP contribution in [0.4, 0.5) is 15.6 Å². The van der Waals surface area contributed by atoms with Crippen LogP contribution < -0.4 is 21.5 Å². The molecule has 13 heteroatoms. The van der Waals surface area contributed by atoms with Crippen LogP contribution in [0.5, 0.6) is 5.75 Å². The molecule has 2 aliphatic rings. The Hall–Kier alpha value is -4.88. The summed E-state index contributed by atoms with van der Waals surface area (Å²) in [6.45, 7) is 4.59. The Kier molecular flexibility index (Phi) is 8.69. The number of nitrogens with zero attached hydrogens (tertiary/aromatic N) is 5. The number of thiazole rings is 1. The van der Waals surface area contributed by atoms with E-state index in [2.05, 4.69) is 10.3 Å². The number of benzene rings is 3. The highest BCUT2D eigenvalue weighted by Crippen LogP contribution is 2.33. The predicted octanol–water partition coefficient (Wildman–Crippen LogP) is 3.43. The smallest absolute Gasteiger partial charge is 0.332 e. The number of piperazine rings is 1. The quantitative estimate of drug-likeness (QED) is 0.235. The van der Waals surface area contributed by atoms with Crippen LogP contribution in [0.3, 0.4) is 0 Å². The van der Waals surface area contributed by atoms with Crippen molar-refractivity contribution in [1.29, 1.82) is 0 Å². The number of anilines is 2. The number of para-hydroxylation sites is 1. The monoisotopic (exact) mass is 642 g/mol. The number of nitrogen functional groups attached to an aromatic ring is 2. The van der Waals surface area contributed by atoms with Crippen LogP contribution in [-0.4, -0.2) is 81.1 Å². The number of hydrazine groups is 1. The number of aromatic nitrogens is 1. The Morgan fingerprint density at radius 3 is 2.48 bits per heavy atom. The second-order valence-electron chi connectivity index (χ2n) is 11.8. The zero-order chi connectivity index (χ0) is 32.5. The molecule has 4 amide bonds. The standard InChI is InChI=1S/C33H38N8O4S/c1-20(2)41(33(44)36-16-22-9-13-25(45-3)14-10-22)39-19-29(42)40-26(15-21-7-11-24(34)12-8-21)31(43)38(18-28(39)40)17-23-5-4-6-27-30(23)37-32(35)46-27/h4-14,20,26,28H,15-19,34H2,1-3H3,(H2,35,37)(H,36,44)/t26-,28+/m0/s1. The number of hydrogen-bond donors (Lipinski definition) is 3. The molecule has 0 aliphatic carbocycles. The van der Waals surface area contributed by atoms with E-state index in [-0.39, 0.29) is 43.5 Å². The lowest BCUT2D eigenvalue weighted by atomic mass is 9.99. The van der Waals surface area contributed by atoms with Crippen molar-refractivity contribution in [3.8, 4) is 5.75 Å². The van der Waals surface area contributed by atoms with Gasteiger partial charge in [-0.05, 0) is 60.9 Å². The van der Waals surface area contributed by atoms with Gasteiger partial charge in [0.2, 0.25) is 11.8 Å². The number of fused-ring (bicyclic) bond motifs is 2. The van der Waals surface area contributed by atoms with Gasteiger partial charge in [-0.15, -0.1) is 0 Å². The Morgan fingerprint density at radius 1 is 1.07 bits per heavy atom. The minimum atomic E-state index is -0.768. The molecule has 12 nitrogen and oxygen atoms in total. The van der Waals surface area contributed by atoms with Crippen LogP contribution in [0.15, 0.2) is 66.7 Å². The maximum Gasteiger partial charge on any atom is 0.332 e. The molecule has 2 fully saturated rings. The largest absolute Gasteiger partial charge is 0.497 e. The summed E-state index contributed by atoms with van der Waals surface area (Å²) >= 11 is 1.40. The van der Waals surface area contributed by atoms with Crippen LogP contribution in [-0.2, 0) is 29.1 Å². The van der Waals surface area contributed by atoms with Crippen molar-refractivity contribution in [2.75, 3.05) is 31.7 Å². The highest BCUT2D eigenvalue weighted by molar-refractivity contribution is 7.22. The number of nitrogens with one attached hydrogen (secondary N) is 1. The van der Waals surface area contributed by atoms with E-state index in [9.17, 15) is 14.4 Å². The predicted molar refractivity (Wildman–Crippen MR) is 177 cm³/mol. The average Bonchev–Trinajstić information content (AvgIpc) is 3.58. The Labute approximate surface area is 271 Å². The van der Waals surface area contributed by atoms with Gasteiger partial charge in [0.1, 0.15) is 18.0 Å². The van der Waals surface area contributed by atoms with Crippen LogP contribution in [0.25, 0.3) is 10.2 Å². The molecule has 0 bridgehead atoms. The van der Waals surface area contributed by atoms with Crippen molar-refractivity contribution in [1.82, 2.24) is 30.1 Å². The summed E-state index contributed by atoms with van der Waals surface area (Å²) in [5.41, 5.74) is 16.0. The lowest BCUT2D eigenvalue weighted by Gasteiger charge is -2.47. The van der Waals surface area contributed by atoms with Gasteiger partial charge in [-0.3, -0.25) is 14.6 Å². The summed E-state index contributed by atoms with van der Waals surface area (Å²) in [5.74, 6) is 0.360. The van der Waals surface area contributed by atoms with Gasteiger partial charge in [-0.1, -0.05) is 47.7 Å². The lowest BCUT2D eigenvalue weighted by molar-refractivity contribution is -0.158. The minimum Gasteiger partial charge on any atom is -0.497 e. The molecular formula is C33H38N8O4S. The van der Waals surface area contributed by atoms with Crippen LogP contribution >= 0.6 is 11.3 Å². The van der Waals surface area contributed by atoms with Gasteiger partial charge < -0.3 is 31.3 Å². The fourth-order valence-corrected chi connectivity index (χ4v) is 7.03. The lowest BCUT2D eigenvalue weighted by Crippen LogP contribution is -2.66. The molecule has 4 aromatic rings. The summed E-state index contributed by atoms with van der Waals surface area (Å²) in [6, 6.07) is 19.3. The summed E-state index contributed by atoms with van der Waals surface area (Å²) < 4.78 is 6.18. The van der Waals surface area contributed by atoms with Crippen LogP contribution in [0.1, 0.15) is 30.5 Å². The fourth-order valence-electron chi connectivity index (χ4n) is 6.25. The SMILES string of the molecule is COc1ccc(CNC(=O)N(C(C)C)N2CC(=O)N3[C@@H](Cc4ccc(N)cc4)C(=O)N(Cc4cccc5sc(N)nc45)C[C@@H]32)cc1. The normalized spacial score (nSPS) is 18.3. The number of urea groups is 1. The number of amides is 4. The molecule has 46 heavy (non-hydrogen) atoms. The topological polar surface area (TPSA) is 150 Å². The van der Waals surface area contributed by atoms with E-state index in [1.54, 1.807) is 39.1 Å². The highest BCUT2D eigenvalue weighted by atomic mass is 32.1. The minimum absolute atomic E-state index is 0.0314. The van der Waals surface area contributed by atoms with E-state index in [1.165, 1.54) is 11.3 Å². The molecule has 5 N–H and O–H groups in total. The molecule has 3 aromatic carbocycles. The molecule has 0 radical (unpaired) electrons. The third-order valence-electron chi connectivity index (χ3n) is 8.43. The zero-order valence-corrected chi connectivity index (χ0v) is 26.9. The molecule has 240 valence electrons. The van der Waals surface area contributed by atoms with Gasteiger partial charge in [0, 0.05) is 31.2 Å². The van der Waals surface area contributed by atoms with Crippen molar-refractivity contribution in [2.45, 2.75) is 51.6 Å². The number of nitrogens with two attached hydrogens (primary N) is 2. The van der Waals surface area contributed by atoms with Crippen molar-refractivity contribution in [3.63, 3.8) is 0 Å². The number of ether oxygens (including phenoxy) is 1. The van der Waals surface area contributed by atoms with E-state index >= 15 is 0 Å². The summed E-state index contributed by atoms with van der Waals surface area (Å²) in [7, 11) is 1.60. The molecule has 0 saturated carbocycles. The average molecular weight is 643 g/mol. The maximum atomic E-state index is 14.2. The Bertz CT molecular complexity index is 1740. The van der Waals surface area contributed by atoms with Gasteiger partial charge in [-0.25, -0.2) is 9.78 Å². The van der Waals surface area contributed by atoms with Crippen molar-refractivity contribution in [3.05, 3.63) is 83.4 Å². The van der Waals surface area contributed by atoms with Gasteiger partial charge in [0.05, 0.1) is 30.4 Å². The number of carbonyl (C=O) groups excluding carboxylic acids is 3. The molecule has 6 rings (SSSR count). The van der Waals surface area contributed by atoms with Crippen LogP contribution in [0, 0.1) is 0 Å². The molecule has 0 spiro atoms. The molecule has 3 heterocycles. The summed E-state index contributed by atoms with van der Waals surface area (Å²) in [4.78, 5) is 49.7. The van der Waals surface area contributed by atoms with E-state index in [4.69, 9.17) is 16.2 Å². The molecule has 0 unspecified atom stereocenters. The first-order valence-corrected chi connectivity index (χ1v) is 16.0. The van der Waals surface area contributed by atoms with Gasteiger partial charge >= 0.3 is 6.03 Å². The first-order chi connectivity index (χ1) is 22.1. The fraction of sp³-hybridized carbons (Fsp3) is 0.333. The Morgan fingerprint density at radius 2 is 1.78 bits per heavy atom. The number of carbonyl (C=O) groups is 3. The molecular weight excluding hydrogens is 604 g/mol. The summed E-state index contributed by atoms with van der Waals surface area (Å²) in [6.07, 6.45) is -0.247. The third kappa shape index (κ3) is 6.15. The van der Waals surface area contributed by atoms with Crippen molar-refractivity contribution in [2.24, 2.45) is 0 Å². The second-order valence-corrected chi connectivity index (χ2v) is 12.9. The van der Waals surface area contributed by atoms with E-state index in [0.29, 0.717) is 23.8 Å². The third-order valence-corrected chi connectivity index (χ3v) is 9.28. The maximum absolute atomic E-state index is 14.2. The van der Waals surface area contributed by atoms with Crippen molar-refractivity contribution < 1.29 is 19.1 Å². The first-order valence-electron chi connectivity index (χ1n) is 15.2. The van der Waals surface area contributed by atoms with Gasteiger partial charge in [-0.2, -0.15) is 5.01 Å².